The largest absolute Gasteiger partial charge is 0.462 e. The molecule has 0 rings (SSSR count). The number of hydrogen-bond acceptors (Lipinski definition) is 6. The first-order chi connectivity index (χ1) is 32.5. The predicted molar refractivity (Wildman–Crippen MR) is 283 cm³/mol. The normalized spacial score (nSPS) is 13.3. The second-order valence-corrected chi connectivity index (χ2v) is 16.6. The molecule has 6 heteroatoms. The van der Waals surface area contributed by atoms with E-state index in [9.17, 15) is 14.4 Å². The molecule has 0 heterocycles. The number of carbonyl (C=O) groups excluding carboxylic acids is 3. The molecule has 0 saturated heterocycles. The zero-order valence-electron chi connectivity index (χ0n) is 41.9. The van der Waals surface area contributed by atoms with Crippen molar-refractivity contribution in [2.75, 3.05) is 13.2 Å². The topological polar surface area (TPSA) is 78.9 Å². The van der Waals surface area contributed by atoms with Gasteiger partial charge >= 0.3 is 17.9 Å². The van der Waals surface area contributed by atoms with Crippen molar-refractivity contribution >= 4 is 17.9 Å². The van der Waals surface area contributed by atoms with Crippen LogP contribution in [0.4, 0.5) is 0 Å². The van der Waals surface area contributed by atoms with Crippen molar-refractivity contribution < 1.29 is 28.6 Å². The van der Waals surface area contributed by atoms with Crippen LogP contribution < -0.4 is 0 Å². The Labute approximate surface area is 404 Å². The molecule has 0 aromatic carbocycles. The number of carbonyl (C=O) groups is 3. The Morgan fingerprint density at radius 1 is 0.333 bits per heavy atom. The van der Waals surface area contributed by atoms with E-state index in [2.05, 4.69) is 99.8 Å². The Hall–Kier alpha value is -4.71. The van der Waals surface area contributed by atoms with Crippen molar-refractivity contribution in [3.63, 3.8) is 0 Å². The van der Waals surface area contributed by atoms with Crippen LogP contribution in [0.2, 0.25) is 0 Å². The summed E-state index contributed by atoms with van der Waals surface area (Å²) >= 11 is 0. The summed E-state index contributed by atoms with van der Waals surface area (Å²) in [5.41, 5.74) is 0. The Bertz CT molecular complexity index is 1510. The molecule has 0 aliphatic heterocycles. The summed E-state index contributed by atoms with van der Waals surface area (Å²) < 4.78 is 16.7. The Kier molecular flexibility index (Phi) is 49.1. The van der Waals surface area contributed by atoms with Gasteiger partial charge in [-0.1, -0.05) is 237 Å². The number of rotatable bonds is 44. The van der Waals surface area contributed by atoms with Gasteiger partial charge in [-0.25, -0.2) is 0 Å². The summed E-state index contributed by atoms with van der Waals surface area (Å²) in [6.07, 6.45) is 75.5. The molecule has 0 aliphatic rings. The van der Waals surface area contributed by atoms with Crippen LogP contribution in [0.1, 0.15) is 194 Å². The maximum atomic E-state index is 12.8. The van der Waals surface area contributed by atoms with Crippen LogP contribution in [0.25, 0.3) is 0 Å². The van der Waals surface area contributed by atoms with E-state index in [1.165, 1.54) is 57.8 Å². The highest BCUT2D eigenvalue weighted by atomic mass is 16.6. The van der Waals surface area contributed by atoms with E-state index in [0.717, 1.165) is 83.5 Å². The monoisotopic (exact) mass is 909 g/mol. The van der Waals surface area contributed by atoms with E-state index in [1.807, 2.05) is 66.8 Å². The molecular formula is C60H92O6. The van der Waals surface area contributed by atoms with Crippen LogP contribution in [0.5, 0.6) is 0 Å². The van der Waals surface area contributed by atoms with E-state index < -0.39 is 6.10 Å². The molecule has 0 aliphatic carbocycles. The molecular weight excluding hydrogens is 817 g/mol. The summed E-state index contributed by atoms with van der Waals surface area (Å²) in [7, 11) is 0. The second-order valence-electron chi connectivity index (χ2n) is 16.6. The summed E-state index contributed by atoms with van der Waals surface area (Å²) in [5.74, 6) is -1.08. The van der Waals surface area contributed by atoms with Gasteiger partial charge in [0.15, 0.2) is 6.10 Å². The van der Waals surface area contributed by atoms with E-state index >= 15 is 0 Å². The van der Waals surface area contributed by atoms with Crippen LogP contribution >= 0.6 is 0 Å². The molecule has 0 radical (unpaired) electrons. The van der Waals surface area contributed by atoms with E-state index in [-0.39, 0.29) is 44.0 Å². The van der Waals surface area contributed by atoms with Crippen LogP contribution in [-0.2, 0) is 28.6 Å². The fourth-order valence-electron chi connectivity index (χ4n) is 6.42. The lowest BCUT2D eigenvalue weighted by Crippen LogP contribution is -2.30. The molecule has 0 saturated carbocycles. The second kappa shape index (κ2) is 52.9. The SMILES string of the molecule is CC\C=C/C=C\C=C/C=C\C=C\C=C/CCCCCC(=O)OC(COC(=O)CC/C=C\C/C=C\CCCCCCCC)COC(=O)CCCCCCC\C=C/C=C\C=C/C=C\CCCCC. The minimum Gasteiger partial charge on any atom is -0.462 e. The van der Waals surface area contributed by atoms with Gasteiger partial charge in [-0.3, -0.25) is 14.4 Å². The van der Waals surface area contributed by atoms with Crippen molar-refractivity contribution in [2.45, 2.75) is 200 Å². The van der Waals surface area contributed by atoms with Crippen LogP contribution in [0.15, 0.2) is 146 Å². The molecule has 0 N–H and O–H groups in total. The molecule has 0 bridgehead atoms. The Morgan fingerprint density at radius 2 is 0.682 bits per heavy atom. The van der Waals surface area contributed by atoms with Crippen molar-refractivity contribution in [1.29, 1.82) is 0 Å². The van der Waals surface area contributed by atoms with Crippen molar-refractivity contribution in [3.8, 4) is 0 Å². The van der Waals surface area contributed by atoms with Gasteiger partial charge in [-0.05, 0) is 83.5 Å². The lowest BCUT2D eigenvalue weighted by Gasteiger charge is -2.18. The third-order valence-electron chi connectivity index (χ3n) is 10.3. The highest BCUT2D eigenvalue weighted by Gasteiger charge is 2.19. The first kappa shape index (κ1) is 61.3. The van der Waals surface area contributed by atoms with Gasteiger partial charge in [0.05, 0.1) is 0 Å². The molecule has 0 amide bonds. The quantitative estimate of drug-likeness (QED) is 0.0199. The zero-order valence-corrected chi connectivity index (χ0v) is 41.9. The molecule has 0 aromatic rings. The average Bonchev–Trinajstić information content (AvgIpc) is 3.31. The number of hydrogen-bond donors (Lipinski definition) is 0. The van der Waals surface area contributed by atoms with Crippen molar-refractivity contribution in [2.24, 2.45) is 0 Å². The highest BCUT2D eigenvalue weighted by Crippen LogP contribution is 2.12. The van der Waals surface area contributed by atoms with E-state index in [0.29, 0.717) is 19.3 Å². The fourth-order valence-corrected chi connectivity index (χ4v) is 6.42. The standard InChI is InChI=1S/C60H92O6/c1-4-7-10-13-16-19-22-25-27-29-31-32-35-38-41-44-47-50-53-59(62)65-56-57(55-64-58(61)52-49-46-43-40-37-34-24-21-18-15-12-9-6-3)66-60(63)54-51-48-45-42-39-36-33-30-28-26-23-20-17-14-11-8-5-2/h8,11,14,16-17,19-20,22-23,25-34,36-37,39,43,46,57H,4-7,9-10,12-13,15,18,21,24,35,38,40-42,44-45,47-56H2,1-3H3/b11-8-,17-14-,19-16-,23-20-,25-22-,28-26-,29-27-,32-31-,33-30+,37-34-,39-36-,46-43-. The molecule has 1 atom stereocenters. The van der Waals surface area contributed by atoms with E-state index in [4.69, 9.17) is 14.2 Å². The minimum atomic E-state index is -0.840. The molecule has 368 valence electrons. The van der Waals surface area contributed by atoms with Gasteiger partial charge in [0.1, 0.15) is 13.2 Å². The third kappa shape index (κ3) is 50.3. The fraction of sp³-hybridized carbons (Fsp3) is 0.550. The lowest BCUT2D eigenvalue weighted by molar-refractivity contribution is -0.166. The zero-order chi connectivity index (χ0) is 47.9. The van der Waals surface area contributed by atoms with Crippen LogP contribution in [0.3, 0.4) is 0 Å². The Balaban J connectivity index is 4.63. The van der Waals surface area contributed by atoms with Gasteiger partial charge in [0.25, 0.3) is 0 Å². The molecule has 0 aromatic heterocycles. The number of unbranched alkanes of at least 4 members (excludes halogenated alkanes) is 17. The average molecular weight is 909 g/mol. The smallest absolute Gasteiger partial charge is 0.306 e. The van der Waals surface area contributed by atoms with Gasteiger partial charge in [0.2, 0.25) is 0 Å². The summed E-state index contributed by atoms with van der Waals surface area (Å²) in [4.78, 5) is 38.0. The Morgan fingerprint density at radius 3 is 1.18 bits per heavy atom. The van der Waals surface area contributed by atoms with Crippen molar-refractivity contribution in [1.82, 2.24) is 0 Å². The molecule has 0 spiro atoms. The summed E-state index contributed by atoms with van der Waals surface area (Å²) in [6, 6.07) is 0. The molecule has 0 fully saturated rings. The predicted octanol–water partition coefficient (Wildman–Crippen LogP) is 17.3. The molecule has 1 unspecified atom stereocenters. The maximum Gasteiger partial charge on any atom is 0.306 e. The van der Waals surface area contributed by atoms with Gasteiger partial charge < -0.3 is 14.2 Å². The summed E-state index contributed by atoms with van der Waals surface area (Å²) in [6.45, 7) is 6.31. The van der Waals surface area contributed by atoms with Gasteiger partial charge in [-0.15, -0.1) is 0 Å². The first-order valence-corrected chi connectivity index (χ1v) is 26.0. The minimum absolute atomic E-state index is 0.132. The van der Waals surface area contributed by atoms with Gasteiger partial charge in [-0.2, -0.15) is 0 Å². The molecule has 6 nitrogen and oxygen atoms in total. The number of ether oxygens (including phenoxy) is 3. The molecule has 66 heavy (non-hydrogen) atoms. The highest BCUT2D eigenvalue weighted by molar-refractivity contribution is 5.71. The van der Waals surface area contributed by atoms with E-state index in [1.54, 1.807) is 0 Å². The van der Waals surface area contributed by atoms with Gasteiger partial charge in [0, 0.05) is 19.3 Å². The van der Waals surface area contributed by atoms with Crippen LogP contribution in [-0.4, -0.2) is 37.2 Å². The first-order valence-electron chi connectivity index (χ1n) is 26.0. The number of esters is 3. The third-order valence-corrected chi connectivity index (χ3v) is 10.3. The summed E-state index contributed by atoms with van der Waals surface area (Å²) in [5, 5.41) is 0. The lowest BCUT2D eigenvalue weighted by atomic mass is 10.1. The van der Waals surface area contributed by atoms with Crippen molar-refractivity contribution in [3.05, 3.63) is 146 Å². The van der Waals surface area contributed by atoms with Crippen LogP contribution in [0, 0.1) is 0 Å². The number of allylic oxidation sites excluding steroid dienone is 24. The maximum absolute atomic E-state index is 12.8.